The molecule has 1 N–H and O–H groups in total. The number of nitrogens with zero attached hydrogens (tertiary/aromatic N) is 2. The zero-order chi connectivity index (χ0) is 24.3. The Morgan fingerprint density at radius 3 is 1.97 bits per heavy atom. The van der Waals surface area contributed by atoms with E-state index in [1.807, 2.05) is 43.3 Å². The van der Waals surface area contributed by atoms with Crippen LogP contribution in [0.15, 0.2) is 72.8 Å². The molecule has 6 heteroatoms. The van der Waals surface area contributed by atoms with Gasteiger partial charge in [-0.05, 0) is 80.5 Å². The van der Waals surface area contributed by atoms with Gasteiger partial charge in [0.2, 0.25) is 0 Å². The maximum absolute atomic E-state index is 5.88. The van der Waals surface area contributed by atoms with Crippen molar-refractivity contribution in [2.75, 3.05) is 37.0 Å². The van der Waals surface area contributed by atoms with Crippen LogP contribution < -0.4 is 19.7 Å². The molecule has 0 aliphatic heterocycles. The van der Waals surface area contributed by atoms with Gasteiger partial charge in [0, 0.05) is 31.9 Å². The van der Waals surface area contributed by atoms with Crippen LogP contribution in [0.3, 0.4) is 0 Å². The van der Waals surface area contributed by atoms with Crippen LogP contribution in [0.2, 0.25) is 0 Å². The Kier molecular flexibility index (Phi) is 9.59. The summed E-state index contributed by atoms with van der Waals surface area (Å²) in [6, 6.07) is 24.7. The number of hydrogen-bond acceptors (Lipinski definition) is 4. The predicted molar refractivity (Wildman–Crippen MR) is 146 cm³/mol. The maximum atomic E-state index is 5.88. The molecule has 0 heterocycles. The van der Waals surface area contributed by atoms with Crippen molar-refractivity contribution in [2.45, 2.75) is 33.9 Å². The molecule has 0 bridgehead atoms. The third kappa shape index (κ3) is 6.87. The fourth-order valence-corrected chi connectivity index (χ4v) is 4.06. The second kappa shape index (κ2) is 12.8. The van der Waals surface area contributed by atoms with Crippen LogP contribution in [0.1, 0.15) is 31.9 Å². The van der Waals surface area contributed by atoms with Gasteiger partial charge in [-0.25, -0.2) is 0 Å². The van der Waals surface area contributed by atoms with E-state index in [9.17, 15) is 0 Å². The molecule has 0 saturated heterocycles. The fourth-order valence-electron chi connectivity index (χ4n) is 3.82. The van der Waals surface area contributed by atoms with Gasteiger partial charge in [-0.1, -0.05) is 36.4 Å². The first-order chi connectivity index (χ1) is 16.6. The molecule has 0 fully saturated rings. The fraction of sp³-hybridized carbons (Fsp3) is 0.321. The first-order valence-electron chi connectivity index (χ1n) is 11.8. The largest absolute Gasteiger partial charge is 0.497 e. The standard InChI is InChI=1S/C28H35N3O2S/c1-5-30(6-2)24-16-12-22(13-17-24)20-31(21-23-14-18-25(32-4)19-15-23)28(34)29-26-10-8-9-11-27(26)33-7-3/h8-19H,5-7,20-21H2,1-4H3,(H,29,34). The first kappa shape index (κ1) is 25.4. The molecule has 0 saturated carbocycles. The van der Waals surface area contributed by atoms with E-state index >= 15 is 0 Å². The first-order valence-corrected chi connectivity index (χ1v) is 12.2. The summed E-state index contributed by atoms with van der Waals surface area (Å²) in [5, 5.41) is 4.05. The second-order valence-corrected chi connectivity index (χ2v) is 8.29. The number of anilines is 2. The average molecular weight is 478 g/mol. The number of benzene rings is 3. The van der Waals surface area contributed by atoms with E-state index < -0.39 is 0 Å². The van der Waals surface area contributed by atoms with E-state index in [-0.39, 0.29) is 0 Å². The highest BCUT2D eigenvalue weighted by atomic mass is 32.1. The number of methoxy groups -OCH3 is 1. The van der Waals surface area contributed by atoms with Crippen molar-refractivity contribution in [1.29, 1.82) is 0 Å². The molecule has 0 aliphatic rings. The lowest BCUT2D eigenvalue weighted by molar-refractivity contribution is 0.342. The van der Waals surface area contributed by atoms with Crippen molar-refractivity contribution >= 4 is 28.7 Å². The molecular weight excluding hydrogens is 442 g/mol. The molecule has 180 valence electrons. The van der Waals surface area contributed by atoms with Gasteiger partial charge < -0.3 is 24.6 Å². The minimum absolute atomic E-state index is 0.597. The number of rotatable bonds is 11. The van der Waals surface area contributed by atoms with Crippen molar-refractivity contribution in [3.8, 4) is 11.5 Å². The van der Waals surface area contributed by atoms with E-state index in [0.717, 1.165) is 35.8 Å². The Bertz CT molecular complexity index is 1030. The zero-order valence-corrected chi connectivity index (χ0v) is 21.4. The van der Waals surface area contributed by atoms with Crippen LogP contribution >= 0.6 is 12.2 Å². The molecule has 5 nitrogen and oxygen atoms in total. The number of nitrogens with one attached hydrogen (secondary N) is 1. The molecule has 0 radical (unpaired) electrons. The van der Waals surface area contributed by atoms with E-state index in [1.54, 1.807) is 7.11 Å². The summed E-state index contributed by atoms with van der Waals surface area (Å²) in [6.45, 7) is 10.3. The van der Waals surface area contributed by atoms with E-state index in [4.69, 9.17) is 21.7 Å². The average Bonchev–Trinajstić information content (AvgIpc) is 2.87. The quantitative estimate of drug-likeness (QED) is 0.325. The van der Waals surface area contributed by atoms with Crippen LogP contribution in [0.4, 0.5) is 11.4 Å². The third-order valence-corrected chi connectivity index (χ3v) is 6.05. The molecule has 0 spiro atoms. The Labute approximate surface area is 209 Å². The van der Waals surface area contributed by atoms with Gasteiger partial charge in [0.15, 0.2) is 5.11 Å². The van der Waals surface area contributed by atoms with Gasteiger partial charge >= 0.3 is 0 Å². The summed E-state index contributed by atoms with van der Waals surface area (Å²) in [6.07, 6.45) is 0. The molecule has 3 rings (SSSR count). The lowest BCUT2D eigenvalue weighted by Gasteiger charge is -2.27. The van der Waals surface area contributed by atoms with Gasteiger partial charge in [-0.2, -0.15) is 0 Å². The lowest BCUT2D eigenvalue weighted by Crippen LogP contribution is -2.34. The Balaban J connectivity index is 1.82. The lowest BCUT2D eigenvalue weighted by atomic mass is 10.1. The number of hydrogen-bond donors (Lipinski definition) is 1. The Morgan fingerprint density at radius 1 is 0.824 bits per heavy atom. The maximum Gasteiger partial charge on any atom is 0.174 e. The summed E-state index contributed by atoms with van der Waals surface area (Å²) in [5.41, 5.74) is 4.46. The number of thiocarbonyl (C=S) groups is 1. The van der Waals surface area contributed by atoms with E-state index in [1.165, 1.54) is 11.3 Å². The normalized spacial score (nSPS) is 10.5. The highest BCUT2D eigenvalue weighted by molar-refractivity contribution is 7.80. The van der Waals surface area contributed by atoms with E-state index in [2.05, 4.69) is 65.4 Å². The van der Waals surface area contributed by atoms with Gasteiger partial charge in [-0.15, -0.1) is 0 Å². The van der Waals surface area contributed by atoms with Crippen LogP contribution in [0.25, 0.3) is 0 Å². The minimum Gasteiger partial charge on any atom is -0.497 e. The Hall–Kier alpha value is -3.25. The zero-order valence-electron chi connectivity index (χ0n) is 20.6. The molecule has 0 atom stereocenters. The SMILES string of the molecule is CCOc1ccccc1NC(=S)N(Cc1ccc(OC)cc1)Cc1ccc(N(CC)CC)cc1. The molecule has 0 amide bonds. The molecule has 34 heavy (non-hydrogen) atoms. The van der Waals surface area contributed by atoms with Crippen molar-refractivity contribution in [2.24, 2.45) is 0 Å². The predicted octanol–water partition coefficient (Wildman–Crippen LogP) is 6.34. The van der Waals surface area contributed by atoms with Crippen LogP contribution in [-0.4, -0.2) is 36.8 Å². The van der Waals surface area contributed by atoms with E-state index in [0.29, 0.717) is 24.8 Å². The van der Waals surface area contributed by atoms with Gasteiger partial charge in [-0.3, -0.25) is 0 Å². The van der Waals surface area contributed by atoms with Crippen molar-refractivity contribution in [1.82, 2.24) is 4.90 Å². The second-order valence-electron chi connectivity index (χ2n) is 7.90. The summed E-state index contributed by atoms with van der Waals surface area (Å²) in [4.78, 5) is 4.52. The molecule has 0 aliphatic carbocycles. The summed E-state index contributed by atoms with van der Waals surface area (Å²) < 4.78 is 11.1. The van der Waals surface area contributed by atoms with Crippen LogP contribution in [0.5, 0.6) is 11.5 Å². The highest BCUT2D eigenvalue weighted by Gasteiger charge is 2.14. The summed E-state index contributed by atoms with van der Waals surface area (Å²) in [5.74, 6) is 1.63. The van der Waals surface area contributed by atoms with Crippen LogP contribution in [-0.2, 0) is 13.1 Å². The minimum atomic E-state index is 0.597. The smallest absolute Gasteiger partial charge is 0.174 e. The van der Waals surface area contributed by atoms with Gasteiger partial charge in [0.1, 0.15) is 11.5 Å². The van der Waals surface area contributed by atoms with Crippen LogP contribution in [0, 0.1) is 0 Å². The summed E-state index contributed by atoms with van der Waals surface area (Å²) >= 11 is 5.88. The Morgan fingerprint density at radius 2 is 1.41 bits per heavy atom. The van der Waals surface area contributed by atoms with Gasteiger partial charge in [0.25, 0.3) is 0 Å². The van der Waals surface area contributed by atoms with Crippen molar-refractivity contribution in [3.05, 3.63) is 83.9 Å². The monoisotopic (exact) mass is 477 g/mol. The number of ether oxygens (including phenoxy) is 2. The number of para-hydroxylation sites is 2. The molecule has 0 aromatic heterocycles. The molecule has 3 aromatic carbocycles. The molecule has 0 unspecified atom stereocenters. The topological polar surface area (TPSA) is 37.0 Å². The van der Waals surface area contributed by atoms with Crippen molar-refractivity contribution in [3.63, 3.8) is 0 Å². The highest BCUT2D eigenvalue weighted by Crippen LogP contribution is 2.25. The van der Waals surface area contributed by atoms with Crippen molar-refractivity contribution < 1.29 is 9.47 Å². The molecule has 3 aromatic rings. The summed E-state index contributed by atoms with van der Waals surface area (Å²) in [7, 11) is 1.68. The third-order valence-electron chi connectivity index (χ3n) is 5.69. The van der Waals surface area contributed by atoms with Gasteiger partial charge in [0.05, 0.1) is 19.4 Å². The molecular formula is C28H35N3O2S.